The lowest BCUT2D eigenvalue weighted by Crippen LogP contribution is -2.12. The summed E-state index contributed by atoms with van der Waals surface area (Å²) in [5.74, 6) is 1.07. The molecule has 0 radical (unpaired) electrons. The molecule has 15 heavy (non-hydrogen) atoms. The Kier molecular flexibility index (Phi) is 3.83. The largest absolute Gasteiger partial charge is 0.476 e. The van der Waals surface area contributed by atoms with Crippen molar-refractivity contribution in [1.82, 2.24) is 4.98 Å². The van der Waals surface area contributed by atoms with E-state index in [1.165, 1.54) is 0 Å². The molecule has 2 rings (SSSR count). The molecule has 1 aromatic rings. The number of rotatable bonds is 3. The van der Waals surface area contributed by atoms with Crippen LogP contribution < -0.4 is 4.74 Å². The highest BCUT2D eigenvalue weighted by Crippen LogP contribution is 2.26. The van der Waals surface area contributed by atoms with Crippen LogP contribution in [0, 0.1) is 5.92 Å². The molecule has 0 spiro atoms. The van der Waals surface area contributed by atoms with Crippen LogP contribution in [0.4, 0.5) is 0 Å². The first-order valence-corrected chi connectivity index (χ1v) is 5.94. The van der Waals surface area contributed by atoms with Crippen LogP contribution in [-0.2, 0) is 4.74 Å². The Hall–Kier alpha value is -0.320. The Morgan fingerprint density at radius 2 is 2.53 bits per heavy atom. The third kappa shape index (κ3) is 3.06. The van der Waals surface area contributed by atoms with Crippen LogP contribution >= 0.6 is 27.5 Å². The summed E-state index contributed by atoms with van der Waals surface area (Å²) < 4.78 is 11.6. The van der Waals surface area contributed by atoms with Gasteiger partial charge >= 0.3 is 0 Å². The van der Waals surface area contributed by atoms with Crippen LogP contribution in [0.25, 0.3) is 0 Å². The van der Waals surface area contributed by atoms with Crippen molar-refractivity contribution < 1.29 is 9.47 Å². The highest BCUT2D eigenvalue weighted by atomic mass is 79.9. The van der Waals surface area contributed by atoms with E-state index in [1.54, 1.807) is 12.3 Å². The number of halogens is 2. The van der Waals surface area contributed by atoms with Crippen molar-refractivity contribution in [3.63, 3.8) is 0 Å². The van der Waals surface area contributed by atoms with Crippen LogP contribution in [0.1, 0.15) is 6.42 Å². The molecule has 1 fully saturated rings. The second-order valence-electron chi connectivity index (χ2n) is 3.48. The van der Waals surface area contributed by atoms with Crippen molar-refractivity contribution in [3.05, 3.63) is 21.8 Å². The lowest BCUT2D eigenvalue weighted by Gasteiger charge is -2.10. The Morgan fingerprint density at radius 1 is 1.67 bits per heavy atom. The van der Waals surface area contributed by atoms with Crippen LogP contribution in [-0.4, -0.2) is 24.8 Å². The zero-order valence-corrected chi connectivity index (χ0v) is 10.4. The van der Waals surface area contributed by atoms with Gasteiger partial charge in [-0.1, -0.05) is 11.6 Å². The van der Waals surface area contributed by atoms with Gasteiger partial charge in [0.25, 0.3) is 0 Å². The molecule has 1 atom stereocenters. The SMILES string of the molecule is Clc1cnc(OCC2CCOC2)c(Br)c1. The fourth-order valence-corrected chi connectivity index (χ4v) is 2.17. The summed E-state index contributed by atoms with van der Waals surface area (Å²) in [4.78, 5) is 4.10. The molecule has 2 heterocycles. The number of ether oxygens (including phenoxy) is 2. The van der Waals surface area contributed by atoms with E-state index in [1.807, 2.05) is 0 Å². The summed E-state index contributed by atoms with van der Waals surface area (Å²) in [6.07, 6.45) is 2.64. The molecular weight excluding hydrogens is 281 g/mol. The highest BCUT2D eigenvalue weighted by Gasteiger charge is 2.17. The molecule has 1 aliphatic rings. The lowest BCUT2D eigenvalue weighted by molar-refractivity contribution is 0.165. The van der Waals surface area contributed by atoms with Gasteiger partial charge in [-0.3, -0.25) is 0 Å². The van der Waals surface area contributed by atoms with E-state index >= 15 is 0 Å². The van der Waals surface area contributed by atoms with Gasteiger partial charge in [-0.25, -0.2) is 4.98 Å². The second-order valence-corrected chi connectivity index (χ2v) is 4.77. The predicted molar refractivity (Wildman–Crippen MR) is 61.4 cm³/mol. The van der Waals surface area contributed by atoms with Gasteiger partial charge in [0.1, 0.15) is 0 Å². The summed E-state index contributed by atoms with van der Waals surface area (Å²) in [7, 11) is 0. The molecule has 0 N–H and O–H groups in total. The van der Waals surface area contributed by atoms with Crippen molar-refractivity contribution in [3.8, 4) is 5.88 Å². The van der Waals surface area contributed by atoms with Gasteiger partial charge in [-0.2, -0.15) is 0 Å². The summed E-state index contributed by atoms with van der Waals surface area (Å²) in [5.41, 5.74) is 0. The van der Waals surface area contributed by atoms with Gasteiger partial charge in [0.05, 0.1) is 22.7 Å². The predicted octanol–water partition coefficient (Wildman–Crippen LogP) is 2.91. The summed E-state index contributed by atoms with van der Waals surface area (Å²) in [6, 6.07) is 1.77. The zero-order chi connectivity index (χ0) is 10.7. The minimum Gasteiger partial charge on any atom is -0.476 e. The standard InChI is InChI=1S/C10H11BrClNO2/c11-9-3-8(12)4-13-10(9)15-6-7-1-2-14-5-7/h3-4,7H,1-2,5-6H2. The first-order valence-electron chi connectivity index (χ1n) is 4.77. The van der Waals surface area contributed by atoms with E-state index < -0.39 is 0 Å². The van der Waals surface area contributed by atoms with Crippen LogP contribution in [0.5, 0.6) is 5.88 Å². The van der Waals surface area contributed by atoms with Crippen molar-refractivity contribution in [2.75, 3.05) is 19.8 Å². The average molecular weight is 293 g/mol. The maximum Gasteiger partial charge on any atom is 0.228 e. The maximum atomic E-state index is 5.78. The fourth-order valence-electron chi connectivity index (χ4n) is 1.42. The summed E-state index contributed by atoms with van der Waals surface area (Å²) in [6.45, 7) is 2.27. The molecule has 0 aliphatic carbocycles. The smallest absolute Gasteiger partial charge is 0.228 e. The Bertz CT molecular complexity index is 342. The molecule has 0 amide bonds. The zero-order valence-electron chi connectivity index (χ0n) is 8.08. The molecule has 1 unspecified atom stereocenters. The second kappa shape index (κ2) is 5.14. The van der Waals surface area contributed by atoms with E-state index in [0.717, 1.165) is 24.1 Å². The van der Waals surface area contributed by atoms with Crippen molar-refractivity contribution in [1.29, 1.82) is 0 Å². The van der Waals surface area contributed by atoms with E-state index in [-0.39, 0.29) is 0 Å². The molecule has 0 aromatic carbocycles. The van der Waals surface area contributed by atoms with E-state index in [2.05, 4.69) is 20.9 Å². The Balaban J connectivity index is 1.92. The van der Waals surface area contributed by atoms with Crippen molar-refractivity contribution in [2.45, 2.75) is 6.42 Å². The Morgan fingerprint density at radius 3 is 3.20 bits per heavy atom. The minimum atomic E-state index is 0.481. The fraction of sp³-hybridized carbons (Fsp3) is 0.500. The van der Waals surface area contributed by atoms with Gasteiger partial charge in [0.2, 0.25) is 5.88 Å². The minimum absolute atomic E-state index is 0.481. The van der Waals surface area contributed by atoms with Crippen molar-refractivity contribution in [2.24, 2.45) is 5.92 Å². The normalized spacial score (nSPS) is 20.5. The number of hydrogen-bond donors (Lipinski definition) is 0. The monoisotopic (exact) mass is 291 g/mol. The van der Waals surface area contributed by atoms with Gasteiger partial charge in [-0.15, -0.1) is 0 Å². The van der Waals surface area contributed by atoms with Gasteiger partial charge in [0, 0.05) is 18.7 Å². The van der Waals surface area contributed by atoms with Crippen LogP contribution in [0.15, 0.2) is 16.7 Å². The molecular formula is C10H11BrClNO2. The molecule has 82 valence electrons. The molecule has 3 nitrogen and oxygen atoms in total. The number of nitrogens with zero attached hydrogens (tertiary/aromatic N) is 1. The van der Waals surface area contributed by atoms with Crippen LogP contribution in [0.2, 0.25) is 5.02 Å². The molecule has 5 heteroatoms. The van der Waals surface area contributed by atoms with E-state index in [9.17, 15) is 0 Å². The van der Waals surface area contributed by atoms with Gasteiger partial charge in [0.15, 0.2) is 0 Å². The maximum absolute atomic E-state index is 5.78. The summed E-state index contributed by atoms with van der Waals surface area (Å²) in [5, 5.41) is 0.596. The van der Waals surface area contributed by atoms with E-state index in [0.29, 0.717) is 23.4 Å². The molecule has 1 saturated heterocycles. The Labute approximate surface area is 102 Å². The lowest BCUT2D eigenvalue weighted by atomic mass is 10.1. The van der Waals surface area contributed by atoms with E-state index in [4.69, 9.17) is 21.1 Å². The molecule has 1 aromatic heterocycles. The molecule has 0 bridgehead atoms. The summed E-state index contributed by atoms with van der Waals surface area (Å²) >= 11 is 9.13. The molecule has 0 saturated carbocycles. The number of pyridine rings is 1. The third-order valence-electron chi connectivity index (χ3n) is 2.25. The third-order valence-corrected chi connectivity index (χ3v) is 3.03. The topological polar surface area (TPSA) is 31.4 Å². The number of aromatic nitrogens is 1. The quantitative estimate of drug-likeness (QED) is 0.858. The van der Waals surface area contributed by atoms with Gasteiger partial charge < -0.3 is 9.47 Å². The first-order chi connectivity index (χ1) is 7.25. The number of hydrogen-bond acceptors (Lipinski definition) is 3. The highest BCUT2D eigenvalue weighted by molar-refractivity contribution is 9.10. The van der Waals surface area contributed by atoms with Crippen molar-refractivity contribution >= 4 is 27.5 Å². The average Bonchev–Trinajstić information content (AvgIpc) is 2.69. The van der Waals surface area contributed by atoms with Crippen LogP contribution in [0.3, 0.4) is 0 Å². The molecule has 1 aliphatic heterocycles. The van der Waals surface area contributed by atoms with Gasteiger partial charge in [-0.05, 0) is 28.4 Å². The first kappa shape index (κ1) is 11.2.